The molecule has 9 nitrogen and oxygen atoms in total. The van der Waals surface area contributed by atoms with Gasteiger partial charge in [-0.2, -0.15) is 0 Å². The van der Waals surface area contributed by atoms with Crippen molar-refractivity contribution in [1.29, 1.82) is 0 Å². The standard InChI is InChI=1S/C47H63FO9/c1-25-19-28-22-29(49)13-16-42(28,3)33-15-17-43(4)32(40(25)33)9-10-37(43)57-39(53)12-11-38(52)55-24-35-41(56-35)47(54)26(2)20-34-31-8-7-27-21-30(50)14-18-44(27,5)46(31,48)36(51)23-45(34,47)6/h14,18,21-22,25-26,31-37,40-41,51,54H,7-13,15-17,19-20,23-24H2,1-6H3/t25-,26+,31?,32?,33?,34?,35?,36+,37+,40?,41?,42+,43+,44+,45+,46+,47+/m1/s1. The van der Waals surface area contributed by atoms with Gasteiger partial charge < -0.3 is 24.4 Å². The van der Waals surface area contributed by atoms with E-state index in [0.717, 1.165) is 44.1 Å². The number of allylic oxidation sites excluding steroid dienone is 5. The van der Waals surface area contributed by atoms with Crippen LogP contribution in [0, 0.1) is 63.1 Å². The van der Waals surface area contributed by atoms with E-state index in [4.69, 9.17) is 14.2 Å². The van der Waals surface area contributed by atoms with E-state index in [1.54, 1.807) is 13.0 Å². The molecule has 10 heteroatoms. The number of alkyl halides is 1. The molecule has 312 valence electrons. The number of ether oxygens (including phenoxy) is 3. The molecule has 2 N–H and O–H groups in total. The second-order valence-corrected chi connectivity index (χ2v) is 21.1. The number of carbonyl (C=O) groups is 4. The van der Waals surface area contributed by atoms with Crippen molar-refractivity contribution in [2.45, 2.75) is 161 Å². The van der Waals surface area contributed by atoms with Gasteiger partial charge in [-0.05, 0) is 130 Å². The van der Waals surface area contributed by atoms with Crippen molar-refractivity contribution in [2.75, 3.05) is 6.61 Å². The van der Waals surface area contributed by atoms with Gasteiger partial charge in [0.05, 0.1) is 18.9 Å². The van der Waals surface area contributed by atoms with Gasteiger partial charge in [0.15, 0.2) is 17.2 Å². The van der Waals surface area contributed by atoms with Crippen molar-refractivity contribution in [3.8, 4) is 0 Å². The first-order valence-corrected chi connectivity index (χ1v) is 22.1. The lowest BCUT2D eigenvalue weighted by Crippen LogP contribution is -2.69. The number of halogens is 1. The molecule has 1 saturated heterocycles. The number of epoxide rings is 1. The first-order chi connectivity index (χ1) is 26.8. The normalized spacial score (nSPS) is 51.9. The summed E-state index contributed by atoms with van der Waals surface area (Å²) in [5.41, 5.74) is -3.25. The maximum absolute atomic E-state index is 17.6. The molecule has 0 aromatic rings. The zero-order valence-corrected chi connectivity index (χ0v) is 34.7. The Morgan fingerprint density at radius 2 is 1.67 bits per heavy atom. The van der Waals surface area contributed by atoms with Crippen LogP contribution in [0.3, 0.4) is 0 Å². The third-order valence-electron chi connectivity index (χ3n) is 18.8. The van der Waals surface area contributed by atoms with E-state index in [1.807, 2.05) is 19.9 Å². The van der Waals surface area contributed by atoms with Crippen molar-refractivity contribution in [2.24, 2.45) is 63.1 Å². The van der Waals surface area contributed by atoms with Crippen molar-refractivity contribution >= 4 is 23.5 Å². The van der Waals surface area contributed by atoms with Gasteiger partial charge in [-0.3, -0.25) is 19.2 Å². The summed E-state index contributed by atoms with van der Waals surface area (Å²) in [6.45, 7) is 12.7. The van der Waals surface area contributed by atoms with E-state index in [-0.39, 0.29) is 72.2 Å². The van der Waals surface area contributed by atoms with Crippen LogP contribution >= 0.6 is 0 Å². The molecule has 0 spiro atoms. The molecule has 7 unspecified atom stereocenters. The van der Waals surface area contributed by atoms with Gasteiger partial charge >= 0.3 is 11.9 Å². The lowest BCUT2D eigenvalue weighted by atomic mass is 9.44. The fourth-order valence-electron chi connectivity index (χ4n) is 15.6. The van der Waals surface area contributed by atoms with Gasteiger partial charge in [0, 0.05) is 28.6 Å². The average molecular weight is 791 g/mol. The van der Waals surface area contributed by atoms with Crippen LogP contribution in [0.4, 0.5) is 4.39 Å². The second-order valence-electron chi connectivity index (χ2n) is 21.1. The summed E-state index contributed by atoms with van der Waals surface area (Å²) >= 11 is 0. The van der Waals surface area contributed by atoms with E-state index < -0.39 is 52.3 Å². The van der Waals surface area contributed by atoms with Crippen LogP contribution in [0.1, 0.15) is 125 Å². The third-order valence-corrected chi connectivity index (χ3v) is 18.8. The number of rotatable bonds is 7. The summed E-state index contributed by atoms with van der Waals surface area (Å²) in [5, 5.41) is 24.2. The van der Waals surface area contributed by atoms with Crippen molar-refractivity contribution in [1.82, 2.24) is 0 Å². The van der Waals surface area contributed by atoms with Crippen molar-refractivity contribution in [3.05, 3.63) is 35.5 Å². The second kappa shape index (κ2) is 13.2. The molecule has 7 fully saturated rings. The van der Waals surface area contributed by atoms with Gasteiger partial charge in [0.1, 0.15) is 30.5 Å². The number of hydrogen-bond donors (Lipinski definition) is 2. The number of carbonyl (C=O) groups excluding carboxylic acids is 4. The predicted octanol–water partition coefficient (Wildman–Crippen LogP) is 7.11. The largest absolute Gasteiger partial charge is 0.463 e. The zero-order chi connectivity index (χ0) is 40.7. The number of aliphatic hydroxyl groups is 2. The smallest absolute Gasteiger partial charge is 0.306 e. The van der Waals surface area contributed by atoms with Crippen molar-refractivity contribution < 1.29 is 48.0 Å². The van der Waals surface area contributed by atoms with Gasteiger partial charge in [-0.1, -0.05) is 51.8 Å². The molecule has 0 aromatic carbocycles. The molecule has 8 aliphatic carbocycles. The van der Waals surface area contributed by atoms with E-state index >= 15 is 4.39 Å². The minimum Gasteiger partial charge on any atom is -0.463 e. The topological polar surface area (TPSA) is 140 Å². The number of fused-ring (bicyclic) bond motifs is 10. The van der Waals surface area contributed by atoms with E-state index in [1.165, 1.54) is 17.7 Å². The Morgan fingerprint density at radius 1 is 0.912 bits per heavy atom. The Morgan fingerprint density at radius 3 is 2.44 bits per heavy atom. The molecule has 1 aliphatic heterocycles. The molecule has 57 heavy (non-hydrogen) atoms. The molecule has 6 saturated carbocycles. The van der Waals surface area contributed by atoms with E-state index in [0.29, 0.717) is 49.4 Å². The van der Waals surface area contributed by atoms with Crippen LogP contribution in [0.5, 0.6) is 0 Å². The Bertz CT molecular complexity index is 1850. The van der Waals surface area contributed by atoms with Crippen LogP contribution in [-0.4, -0.2) is 76.0 Å². The van der Waals surface area contributed by atoms with E-state index in [9.17, 15) is 29.4 Å². The summed E-state index contributed by atoms with van der Waals surface area (Å²) in [5.74, 6) is 0.224. The van der Waals surface area contributed by atoms with Crippen molar-refractivity contribution in [3.63, 3.8) is 0 Å². The molecule has 0 amide bonds. The highest BCUT2D eigenvalue weighted by Crippen LogP contribution is 2.72. The lowest BCUT2D eigenvalue weighted by Gasteiger charge is -2.62. The first kappa shape index (κ1) is 39.8. The Hall–Kier alpha value is -2.69. The number of aliphatic hydroxyl groups excluding tert-OH is 1. The highest BCUT2D eigenvalue weighted by Gasteiger charge is 2.78. The molecule has 1 heterocycles. The highest BCUT2D eigenvalue weighted by molar-refractivity contribution is 6.01. The number of esters is 2. The van der Waals surface area contributed by atoms with Crippen LogP contribution in [0.2, 0.25) is 0 Å². The molecule has 9 aliphatic rings. The van der Waals surface area contributed by atoms with Crippen LogP contribution < -0.4 is 0 Å². The maximum atomic E-state index is 17.6. The Kier molecular flexibility index (Phi) is 9.17. The molecule has 0 radical (unpaired) electrons. The molecule has 0 bridgehead atoms. The van der Waals surface area contributed by atoms with E-state index in [2.05, 4.69) is 20.8 Å². The fourth-order valence-corrected chi connectivity index (χ4v) is 15.6. The summed E-state index contributed by atoms with van der Waals surface area (Å²) < 4.78 is 35.4. The monoisotopic (exact) mass is 790 g/mol. The van der Waals surface area contributed by atoms with Crippen LogP contribution in [0.25, 0.3) is 0 Å². The fraction of sp³-hybridized carbons (Fsp3) is 0.787. The molecule has 9 rings (SSSR count). The quantitative estimate of drug-likeness (QED) is 0.204. The van der Waals surface area contributed by atoms with Gasteiger partial charge in [-0.15, -0.1) is 0 Å². The Balaban J connectivity index is 0.785. The molecular weight excluding hydrogens is 728 g/mol. The average Bonchev–Trinajstić information content (AvgIpc) is 3.83. The van der Waals surface area contributed by atoms with Gasteiger partial charge in [0.2, 0.25) is 0 Å². The Labute approximate surface area is 336 Å². The highest BCUT2D eigenvalue weighted by atomic mass is 19.1. The molecule has 17 atom stereocenters. The van der Waals surface area contributed by atoms with Gasteiger partial charge in [-0.25, -0.2) is 4.39 Å². The number of hydrogen-bond acceptors (Lipinski definition) is 9. The van der Waals surface area contributed by atoms with Crippen LogP contribution in [0.15, 0.2) is 35.5 Å². The number of ketones is 2. The minimum absolute atomic E-state index is 0.0471. The predicted molar refractivity (Wildman–Crippen MR) is 208 cm³/mol. The minimum atomic E-state index is -1.98. The SMILES string of the molecule is C[C@@H]1CC2=CC(=O)CC[C@]2(C)C2CC[C@@]3(C)C(CC[C@@H]3OC(=O)CCC(=O)OCC3OC3[C@@]3(O)[C@@H](C)CC4C5CCC6=CC(=O)C=C[C@]6(C)[C@@]5(F)[C@@H](O)C[C@@]43C)C21. The summed E-state index contributed by atoms with van der Waals surface area (Å²) in [6, 6.07) is 0. The molecular formula is C47H63FO9. The van der Waals surface area contributed by atoms with Crippen LogP contribution in [-0.2, 0) is 33.4 Å². The summed E-state index contributed by atoms with van der Waals surface area (Å²) in [7, 11) is 0. The third kappa shape index (κ3) is 5.46. The lowest BCUT2D eigenvalue weighted by molar-refractivity contribution is -0.223. The molecule has 0 aromatic heterocycles. The summed E-state index contributed by atoms with van der Waals surface area (Å²) in [6.07, 6.45) is 11.7. The first-order valence-electron chi connectivity index (χ1n) is 22.1. The summed E-state index contributed by atoms with van der Waals surface area (Å²) in [4.78, 5) is 50.7. The maximum Gasteiger partial charge on any atom is 0.306 e. The zero-order valence-electron chi connectivity index (χ0n) is 34.7. The van der Waals surface area contributed by atoms with Gasteiger partial charge in [0.25, 0.3) is 0 Å².